The molecule has 0 saturated carbocycles. The molecule has 0 aromatic heterocycles. The van der Waals surface area contributed by atoms with Gasteiger partial charge in [-0.2, -0.15) is 12.7 Å². The summed E-state index contributed by atoms with van der Waals surface area (Å²) in [6, 6.07) is 0. The van der Waals surface area contributed by atoms with Crippen LogP contribution in [0.15, 0.2) is 0 Å². The minimum atomic E-state index is -3.31. The van der Waals surface area contributed by atoms with Crippen LogP contribution < -0.4 is 10.5 Å². The maximum Gasteiger partial charge on any atom is 0.279 e. The van der Waals surface area contributed by atoms with Gasteiger partial charge in [0.25, 0.3) is 10.2 Å². The number of hydrogen-bond donors (Lipinski definition) is 3. The Hall–Kier alpha value is -0.660. The molecule has 1 aliphatic heterocycles. The van der Waals surface area contributed by atoms with Gasteiger partial charge in [-0.25, -0.2) is 4.72 Å². The van der Waals surface area contributed by atoms with Crippen LogP contribution in [0.2, 0.25) is 0 Å². The molecule has 94 valence electrons. The maximum atomic E-state index is 11.8. The molecule has 0 spiro atoms. The average Bonchev–Trinajstić information content (AvgIpc) is 2.26. The lowest BCUT2D eigenvalue weighted by Crippen LogP contribution is -2.43. The van der Waals surface area contributed by atoms with Crippen molar-refractivity contribution in [2.75, 3.05) is 19.6 Å². The minimum Gasteiger partial charge on any atom is -0.388 e. The molecule has 0 aromatic carbocycles. The second-order valence-corrected chi connectivity index (χ2v) is 5.74. The van der Waals surface area contributed by atoms with Crippen molar-refractivity contribution in [3.63, 3.8) is 0 Å². The van der Waals surface area contributed by atoms with Crippen LogP contribution in [-0.4, -0.2) is 38.2 Å². The number of piperidine rings is 1. The Bertz CT molecular complexity index is 322. The highest BCUT2D eigenvalue weighted by atomic mass is 32.2. The topological polar surface area (TPSA) is 99.3 Å². The third kappa shape index (κ3) is 4.46. The fraction of sp³-hybridized carbons (Fsp3) is 0.889. The predicted octanol–water partition coefficient (Wildman–Crippen LogP) is 0.0229. The summed E-state index contributed by atoms with van der Waals surface area (Å²) in [6.45, 7) is 1.57. The lowest BCUT2D eigenvalue weighted by molar-refractivity contribution is 0.341. The molecule has 7 heteroatoms. The normalized spacial score (nSPS) is 18.5. The van der Waals surface area contributed by atoms with Crippen LogP contribution in [0.5, 0.6) is 0 Å². The summed E-state index contributed by atoms with van der Waals surface area (Å²) >= 11 is 0. The molecule has 0 atom stereocenters. The quantitative estimate of drug-likeness (QED) is 0.351. The van der Waals surface area contributed by atoms with Crippen molar-refractivity contribution in [1.82, 2.24) is 9.03 Å². The summed E-state index contributed by atoms with van der Waals surface area (Å²) < 4.78 is 27.5. The summed E-state index contributed by atoms with van der Waals surface area (Å²) in [5, 5.41) is 7.01. The van der Waals surface area contributed by atoms with E-state index in [2.05, 4.69) is 4.72 Å². The van der Waals surface area contributed by atoms with E-state index in [9.17, 15) is 8.42 Å². The largest absolute Gasteiger partial charge is 0.388 e. The second kappa shape index (κ2) is 6.17. The van der Waals surface area contributed by atoms with Crippen molar-refractivity contribution in [3.8, 4) is 0 Å². The van der Waals surface area contributed by atoms with E-state index in [0.717, 1.165) is 19.3 Å². The van der Waals surface area contributed by atoms with E-state index >= 15 is 0 Å². The van der Waals surface area contributed by atoms with Crippen LogP contribution in [0.25, 0.3) is 0 Å². The molecule has 1 rings (SSSR count). The van der Waals surface area contributed by atoms with E-state index in [4.69, 9.17) is 11.1 Å². The molecule has 16 heavy (non-hydrogen) atoms. The van der Waals surface area contributed by atoms with Gasteiger partial charge in [0.2, 0.25) is 0 Å². The number of nitrogens with zero attached hydrogens (tertiary/aromatic N) is 1. The van der Waals surface area contributed by atoms with Gasteiger partial charge in [0.15, 0.2) is 0 Å². The Balaban J connectivity index is 2.30. The van der Waals surface area contributed by atoms with Crippen molar-refractivity contribution in [3.05, 3.63) is 0 Å². The lowest BCUT2D eigenvalue weighted by Gasteiger charge is -2.25. The molecule has 6 nitrogen and oxygen atoms in total. The van der Waals surface area contributed by atoms with E-state index in [0.29, 0.717) is 32.5 Å². The van der Waals surface area contributed by atoms with Gasteiger partial charge in [-0.3, -0.25) is 5.41 Å². The highest BCUT2D eigenvalue weighted by Crippen LogP contribution is 2.11. The van der Waals surface area contributed by atoms with Crippen LogP contribution >= 0.6 is 0 Å². The number of nitrogens with one attached hydrogen (secondary N) is 2. The van der Waals surface area contributed by atoms with Crippen molar-refractivity contribution in [2.45, 2.75) is 32.1 Å². The predicted molar refractivity (Wildman–Crippen MR) is 63.5 cm³/mol. The molecule has 0 radical (unpaired) electrons. The summed E-state index contributed by atoms with van der Waals surface area (Å²) in [5.41, 5.74) is 5.18. The third-order valence-electron chi connectivity index (χ3n) is 2.56. The molecule has 4 N–H and O–H groups in total. The molecule has 0 amide bonds. The first kappa shape index (κ1) is 13.4. The van der Waals surface area contributed by atoms with Crippen LogP contribution in [0, 0.1) is 5.41 Å². The van der Waals surface area contributed by atoms with Crippen LogP contribution in [0.4, 0.5) is 0 Å². The second-order valence-electron chi connectivity index (χ2n) is 3.99. The fourth-order valence-corrected chi connectivity index (χ4v) is 3.00. The van der Waals surface area contributed by atoms with Gasteiger partial charge < -0.3 is 5.73 Å². The Kier molecular flexibility index (Phi) is 5.17. The fourth-order valence-electron chi connectivity index (χ4n) is 1.68. The van der Waals surface area contributed by atoms with Gasteiger partial charge in [-0.05, 0) is 19.3 Å². The summed E-state index contributed by atoms with van der Waals surface area (Å²) in [7, 11) is -3.31. The molecule has 1 heterocycles. The van der Waals surface area contributed by atoms with Crippen molar-refractivity contribution in [2.24, 2.45) is 5.73 Å². The Morgan fingerprint density at radius 2 is 1.94 bits per heavy atom. The van der Waals surface area contributed by atoms with Gasteiger partial charge in [0.05, 0.1) is 5.84 Å². The molecule has 1 aliphatic rings. The van der Waals surface area contributed by atoms with E-state index in [1.807, 2.05) is 0 Å². The number of rotatable bonds is 6. The SMILES string of the molecule is N=C(N)CCCNS(=O)(=O)N1CCCCC1. The van der Waals surface area contributed by atoms with E-state index in [1.165, 1.54) is 4.31 Å². The van der Waals surface area contributed by atoms with Crippen LogP contribution in [-0.2, 0) is 10.2 Å². The van der Waals surface area contributed by atoms with E-state index < -0.39 is 10.2 Å². The molecule has 1 fully saturated rings. The van der Waals surface area contributed by atoms with Gasteiger partial charge >= 0.3 is 0 Å². The molecule has 0 bridgehead atoms. The summed E-state index contributed by atoms with van der Waals surface area (Å²) in [6.07, 6.45) is 3.99. The van der Waals surface area contributed by atoms with Crippen LogP contribution in [0.3, 0.4) is 0 Å². The zero-order valence-corrected chi connectivity index (χ0v) is 10.2. The number of nitrogens with two attached hydrogens (primary N) is 1. The molecule has 0 unspecified atom stereocenters. The van der Waals surface area contributed by atoms with Gasteiger partial charge in [0, 0.05) is 26.1 Å². The maximum absolute atomic E-state index is 11.8. The first-order valence-corrected chi connectivity index (χ1v) is 7.04. The van der Waals surface area contributed by atoms with Crippen LogP contribution in [0.1, 0.15) is 32.1 Å². The molecular formula is C9H20N4O2S. The number of hydrogen-bond acceptors (Lipinski definition) is 3. The first-order valence-electron chi connectivity index (χ1n) is 5.60. The zero-order chi connectivity index (χ0) is 12.0. The molecule has 0 aromatic rings. The molecule has 0 aliphatic carbocycles. The van der Waals surface area contributed by atoms with Crippen molar-refractivity contribution in [1.29, 1.82) is 5.41 Å². The number of amidine groups is 1. The lowest BCUT2D eigenvalue weighted by atomic mass is 10.2. The van der Waals surface area contributed by atoms with Crippen molar-refractivity contribution < 1.29 is 8.42 Å². The minimum absolute atomic E-state index is 0.0946. The van der Waals surface area contributed by atoms with Crippen molar-refractivity contribution >= 4 is 16.0 Å². The monoisotopic (exact) mass is 248 g/mol. The van der Waals surface area contributed by atoms with Gasteiger partial charge in [-0.15, -0.1) is 0 Å². The Morgan fingerprint density at radius 3 is 2.50 bits per heavy atom. The van der Waals surface area contributed by atoms with Gasteiger partial charge in [-0.1, -0.05) is 6.42 Å². The highest BCUT2D eigenvalue weighted by Gasteiger charge is 2.22. The standard InChI is InChI=1S/C9H20N4O2S/c10-9(11)5-4-6-12-16(14,15)13-7-2-1-3-8-13/h12H,1-8H2,(H3,10,11). The molecule has 1 saturated heterocycles. The third-order valence-corrected chi connectivity index (χ3v) is 4.18. The molecular weight excluding hydrogens is 228 g/mol. The summed E-state index contributed by atoms with van der Waals surface area (Å²) in [5.74, 6) is 0.0946. The van der Waals surface area contributed by atoms with Gasteiger partial charge in [0.1, 0.15) is 0 Å². The smallest absolute Gasteiger partial charge is 0.279 e. The zero-order valence-electron chi connectivity index (χ0n) is 9.41. The van der Waals surface area contributed by atoms with E-state index in [1.54, 1.807) is 0 Å². The Morgan fingerprint density at radius 1 is 1.31 bits per heavy atom. The summed E-state index contributed by atoms with van der Waals surface area (Å²) in [4.78, 5) is 0. The Labute approximate surface area is 96.9 Å². The first-order chi connectivity index (χ1) is 7.52. The average molecular weight is 248 g/mol. The van der Waals surface area contributed by atoms with E-state index in [-0.39, 0.29) is 5.84 Å². The highest BCUT2D eigenvalue weighted by molar-refractivity contribution is 7.87.